The Bertz CT molecular complexity index is 778. The van der Waals surface area contributed by atoms with Crippen molar-refractivity contribution in [2.45, 2.75) is 12.8 Å². The molecule has 144 valence electrons. The third-order valence-corrected chi connectivity index (χ3v) is 3.86. The van der Waals surface area contributed by atoms with Crippen LogP contribution in [0.3, 0.4) is 0 Å². The van der Waals surface area contributed by atoms with Gasteiger partial charge in [0.25, 0.3) is 0 Å². The Labute approximate surface area is 157 Å². The van der Waals surface area contributed by atoms with Crippen molar-refractivity contribution in [3.63, 3.8) is 0 Å². The summed E-state index contributed by atoms with van der Waals surface area (Å²) in [6.07, 6.45) is 0.365. The van der Waals surface area contributed by atoms with E-state index in [1.807, 2.05) is 0 Å². The van der Waals surface area contributed by atoms with Gasteiger partial charge in [0, 0.05) is 13.1 Å². The first-order chi connectivity index (χ1) is 13.0. The van der Waals surface area contributed by atoms with E-state index in [1.165, 1.54) is 19.2 Å². The first-order valence-corrected chi connectivity index (χ1v) is 8.50. The van der Waals surface area contributed by atoms with Crippen molar-refractivity contribution in [1.82, 2.24) is 10.6 Å². The molecule has 0 aliphatic carbocycles. The minimum absolute atomic E-state index is 0.157. The largest absolute Gasteiger partial charge is 0.493 e. The van der Waals surface area contributed by atoms with E-state index < -0.39 is 0 Å². The molecule has 0 radical (unpaired) electrons. The van der Waals surface area contributed by atoms with E-state index in [-0.39, 0.29) is 30.5 Å². The van der Waals surface area contributed by atoms with Crippen LogP contribution in [-0.4, -0.2) is 39.1 Å². The fourth-order valence-electron chi connectivity index (χ4n) is 2.49. The SMILES string of the molecule is COc1ccc(CC(=O)NCCNC(=O)Cc2ccc(F)cc2)cc1OC. The van der Waals surface area contributed by atoms with Gasteiger partial charge in [0.05, 0.1) is 27.1 Å². The van der Waals surface area contributed by atoms with Gasteiger partial charge in [0.1, 0.15) is 5.82 Å². The fourth-order valence-corrected chi connectivity index (χ4v) is 2.49. The smallest absolute Gasteiger partial charge is 0.224 e. The highest BCUT2D eigenvalue weighted by Crippen LogP contribution is 2.27. The van der Waals surface area contributed by atoms with Crippen molar-refractivity contribution in [3.8, 4) is 11.5 Å². The number of amides is 2. The molecule has 0 atom stereocenters. The Kier molecular flexibility index (Phi) is 7.61. The number of hydrogen-bond acceptors (Lipinski definition) is 4. The lowest BCUT2D eigenvalue weighted by Crippen LogP contribution is -2.35. The molecule has 0 aliphatic rings. The number of methoxy groups -OCH3 is 2. The van der Waals surface area contributed by atoms with Crippen molar-refractivity contribution in [2.75, 3.05) is 27.3 Å². The molecule has 7 heteroatoms. The maximum absolute atomic E-state index is 12.8. The summed E-state index contributed by atoms with van der Waals surface area (Å²) < 4.78 is 23.2. The second-order valence-corrected chi connectivity index (χ2v) is 5.87. The molecule has 2 aromatic rings. The average molecular weight is 374 g/mol. The summed E-state index contributed by atoms with van der Waals surface area (Å²) in [5.74, 6) is 0.489. The van der Waals surface area contributed by atoms with Crippen LogP contribution in [0.1, 0.15) is 11.1 Å². The minimum atomic E-state index is -0.337. The summed E-state index contributed by atoms with van der Waals surface area (Å²) in [6.45, 7) is 0.638. The highest BCUT2D eigenvalue weighted by molar-refractivity contribution is 5.79. The molecule has 0 heterocycles. The molecule has 0 saturated carbocycles. The normalized spacial score (nSPS) is 10.2. The van der Waals surface area contributed by atoms with Crippen LogP contribution < -0.4 is 20.1 Å². The molecule has 0 aliphatic heterocycles. The van der Waals surface area contributed by atoms with Crippen molar-refractivity contribution < 1.29 is 23.5 Å². The van der Waals surface area contributed by atoms with Crippen LogP contribution in [-0.2, 0) is 22.4 Å². The molecule has 0 fully saturated rings. The zero-order chi connectivity index (χ0) is 19.6. The summed E-state index contributed by atoms with van der Waals surface area (Å²) in [5.41, 5.74) is 1.52. The number of halogens is 1. The van der Waals surface area contributed by atoms with Crippen molar-refractivity contribution in [3.05, 3.63) is 59.4 Å². The summed E-state index contributed by atoms with van der Waals surface area (Å²) >= 11 is 0. The van der Waals surface area contributed by atoms with E-state index in [4.69, 9.17) is 9.47 Å². The van der Waals surface area contributed by atoms with Gasteiger partial charge in [0.2, 0.25) is 11.8 Å². The van der Waals surface area contributed by atoms with Crippen LogP contribution in [0.15, 0.2) is 42.5 Å². The lowest BCUT2D eigenvalue weighted by atomic mass is 10.1. The molecule has 0 saturated heterocycles. The van der Waals surface area contributed by atoms with E-state index >= 15 is 0 Å². The summed E-state index contributed by atoms with van der Waals surface area (Å²) in [4.78, 5) is 23.8. The maximum Gasteiger partial charge on any atom is 0.224 e. The monoisotopic (exact) mass is 374 g/mol. The minimum Gasteiger partial charge on any atom is -0.493 e. The molecular formula is C20H23FN2O4. The average Bonchev–Trinajstić information content (AvgIpc) is 2.67. The van der Waals surface area contributed by atoms with Crippen LogP contribution in [0.2, 0.25) is 0 Å². The third kappa shape index (κ3) is 6.62. The van der Waals surface area contributed by atoms with Crippen LogP contribution >= 0.6 is 0 Å². The molecule has 2 N–H and O–H groups in total. The Morgan fingerprint density at radius 2 is 1.33 bits per heavy atom. The van der Waals surface area contributed by atoms with Gasteiger partial charge in [-0.2, -0.15) is 0 Å². The Balaban J connectivity index is 1.70. The summed E-state index contributed by atoms with van der Waals surface area (Å²) in [5, 5.41) is 5.46. The molecule has 27 heavy (non-hydrogen) atoms. The second kappa shape index (κ2) is 10.2. The predicted molar refractivity (Wildman–Crippen MR) is 99.4 cm³/mol. The highest BCUT2D eigenvalue weighted by Gasteiger charge is 2.08. The van der Waals surface area contributed by atoms with Gasteiger partial charge in [-0.15, -0.1) is 0 Å². The van der Waals surface area contributed by atoms with E-state index in [9.17, 15) is 14.0 Å². The molecule has 2 amide bonds. The number of hydrogen-bond donors (Lipinski definition) is 2. The summed E-state index contributed by atoms with van der Waals surface area (Å²) in [6, 6.07) is 11.1. The van der Waals surface area contributed by atoms with Gasteiger partial charge in [0.15, 0.2) is 11.5 Å². The first kappa shape index (κ1) is 20.2. The van der Waals surface area contributed by atoms with Crippen LogP contribution in [0, 0.1) is 5.82 Å². The van der Waals surface area contributed by atoms with Gasteiger partial charge >= 0.3 is 0 Å². The van der Waals surface area contributed by atoms with E-state index in [1.54, 1.807) is 37.4 Å². The standard InChI is InChI=1S/C20H23FN2O4/c1-26-17-8-5-15(11-18(17)27-2)13-20(25)23-10-9-22-19(24)12-14-3-6-16(21)7-4-14/h3-8,11H,9-10,12-13H2,1-2H3,(H,22,24)(H,23,25). The van der Waals surface area contributed by atoms with Crippen LogP contribution in [0.4, 0.5) is 4.39 Å². The van der Waals surface area contributed by atoms with Gasteiger partial charge in [-0.05, 0) is 35.4 Å². The number of ether oxygens (including phenoxy) is 2. The number of benzene rings is 2. The van der Waals surface area contributed by atoms with Gasteiger partial charge < -0.3 is 20.1 Å². The maximum atomic E-state index is 12.8. The molecule has 0 unspecified atom stereocenters. The summed E-state index contributed by atoms with van der Waals surface area (Å²) in [7, 11) is 3.09. The van der Waals surface area contributed by atoms with E-state index in [2.05, 4.69) is 10.6 Å². The van der Waals surface area contributed by atoms with Crippen molar-refractivity contribution >= 4 is 11.8 Å². The topological polar surface area (TPSA) is 76.7 Å². The van der Waals surface area contributed by atoms with E-state index in [0.29, 0.717) is 24.6 Å². The highest BCUT2D eigenvalue weighted by atomic mass is 19.1. The van der Waals surface area contributed by atoms with Crippen LogP contribution in [0.25, 0.3) is 0 Å². The second-order valence-electron chi connectivity index (χ2n) is 5.87. The lowest BCUT2D eigenvalue weighted by molar-refractivity contribution is -0.122. The quantitative estimate of drug-likeness (QED) is 0.657. The zero-order valence-corrected chi connectivity index (χ0v) is 15.4. The molecule has 2 rings (SSSR count). The van der Waals surface area contributed by atoms with Crippen LogP contribution in [0.5, 0.6) is 11.5 Å². The number of nitrogens with one attached hydrogen (secondary N) is 2. The Morgan fingerprint density at radius 1 is 0.815 bits per heavy atom. The van der Waals surface area contributed by atoms with E-state index in [0.717, 1.165) is 11.1 Å². The molecule has 6 nitrogen and oxygen atoms in total. The Morgan fingerprint density at radius 3 is 1.89 bits per heavy atom. The molecule has 0 spiro atoms. The third-order valence-electron chi connectivity index (χ3n) is 3.86. The Hall–Kier alpha value is -3.09. The first-order valence-electron chi connectivity index (χ1n) is 8.50. The molecule has 0 aromatic heterocycles. The fraction of sp³-hybridized carbons (Fsp3) is 0.300. The molecular weight excluding hydrogens is 351 g/mol. The molecule has 2 aromatic carbocycles. The van der Waals surface area contributed by atoms with Crippen molar-refractivity contribution in [2.24, 2.45) is 0 Å². The van der Waals surface area contributed by atoms with Crippen molar-refractivity contribution in [1.29, 1.82) is 0 Å². The number of carbonyl (C=O) groups is 2. The molecule has 0 bridgehead atoms. The lowest BCUT2D eigenvalue weighted by Gasteiger charge is -2.10. The number of carbonyl (C=O) groups excluding carboxylic acids is 2. The number of rotatable bonds is 9. The predicted octanol–water partition coefficient (Wildman–Crippen LogP) is 1.86. The van der Waals surface area contributed by atoms with Gasteiger partial charge in [-0.25, -0.2) is 4.39 Å². The van der Waals surface area contributed by atoms with Gasteiger partial charge in [-0.3, -0.25) is 9.59 Å². The zero-order valence-electron chi connectivity index (χ0n) is 15.4. The van der Waals surface area contributed by atoms with Gasteiger partial charge in [-0.1, -0.05) is 18.2 Å².